The molecule has 1 saturated heterocycles. The summed E-state index contributed by atoms with van der Waals surface area (Å²) in [5.41, 5.74) is 5.53. The van der Waals surface area contributed by atoms with Crippen molar-refractivity contribution in [3.63, 3.8) is 0 Å². The standard InChI is InChI=1S/C10H19N3O2/c1-7(11)10(15)13-5-3-4-8(6-13)9(14)12-2/h7-8H,3-6,11H2,1-2H3,(H,12,14)/t7-,8?/m0/s1. The molecule has 1 fully saturated rings. The van der Waals surface area contributed by atoms with E-state index in [9.17, 15) is 9.59 Å². The van der Waals surface area contributed by atoms with E-state index in [1.807, 2.05) is 0 Å². The van der Waals surface area contributed by atoms with Gasteiger partial charge in [-0.25, -0.2) is 0 Å². The highest BCUT2D eigenvalue weighted by Crippen LogP contribution is 2.16. The SMILES string of the molecule is CNC(=O)C1CCCN(C(=O)[C@H](C)N)C1. The number of hydrogen-bond acceptors (Lipinski definition) is 3. The monoisotopic (exact) mass is 213 g/mol. The average molecular weight is 213 g/mol. The topological polar surface area (TPSA) is 75.4 Å². The first-order valence-electron chi connectivity index (χ1n) is 5.32. The molecule has 0 spiro atoms. The van der Waals surface area contributed by atoms with E-state index in [2.05, 4.69) is 5.32 Å². The van der Waals surface area contributed by atoms with Crippen LogP contribution < -0.4 is 11.1 Å². The molecule has 1 rings (SSSR count). The number of carbonyl (C=O) groups is 2. The van der Waals surface area contributed by atoms with Crippen molar-refractivity contribution < 1.29 is 9.59 Å². The summed E-state index contributed by atoms with van der Waals surface area (Å²) in [5, 5.41) is 2.62. The molecule has 0 bridgehead atoms. The van der Waals surface area contributed by atoms with Crippen molar-refractivity contribution in [2.24, 2.45) is 11.7 Å². The van der Waals surface area contributed by atoms with Crippen molar-refractivity contribution in [3.05, 3.63) is 0 Å². The Labute approximate surface area is 90.0 Å². The summed E-state index contributed by atoms with van der Waals surface area (Å²) in [6.45, 7) is 2.89. The molecule has 0 aromatic carbocycles. The maximum Gasteiger partial charge on any atom is 0.239 e. The van der Waals surface area contributed by atoms with Gasteiger partial charge in [0, 0.05) is 20.1 Å². The van der Waals surface area contributed by atoms with Gasteiger partial charge in [0.2, 0.25) is 11.8 Å². The number of nitrogens with two attached hydrogens (primary N) is 1. The van der Waals surface area contributed by atoms with Gasteiger partial charge in [0.05, 0.1) is 12.0 Å². The first-order valence-corrected chi connectivity index (χ1v) is 5.32. The van der Waals surface area contributed by atoms with Gasteiger partial charge in [0.15, 0.2) is 0 Å². The van der Waals surface area contributed by atoms with E-state index < -0.39 is 6.04 Å². The lowest BCUT2D eigenvalue weighted by atomic mass is 9.97. The molecule has 0 saturated carbocycles. The summed E-state index contributed by atoms with van der Waals surface area (Å²) in [6.07, 6.45) is 1.72. The van der Waals surface area contributed by atoms with E-state index in [1.165, 1.54) is 0 Å². The molecule has 0 aromatic heterocycles. The van der Waals surface area contributed by atoms with Crippen LogP contribution in [-0.2, 0) is 9.59 Å². The second kappa shape index (κ2) is 5.11. The van der Waals surface area contributed by atoms with Gasteiger partial charge in [-0.05, 0) is 19.8 Å². The number of amides is 2. The Kier molecular flexibility index (Phi) is 4.08. The largest absolute Gasteiger partial charge is 0.359 e. The molecule has 1 aliphatic rings. The lowest BCUT2D eigenvalue weighted by Gasteiger charge is -2.32. The van der Waals surface area contributed by atoms with Gasteiger partial charge in [-0.3, -0.25) is 9.59 Å². The summed E-state index contributed by atoms with van der Waals surface area (Å²) in [4.78, 5) is 24.7. The molecule has 1 heterocycles. The quantitative estimate of drug-likeness (QED) is 0.638. The third-order valence-electron chi connectivity index (χ3n) is 2.74. The molecule has 2 amide bonds. The molecule has 1 unspecified atom stereocenters. The fraction of sp³-hybridized carbons (Fsp3) is 0.800. The van der Waals surface area contributed by atoms with Gasteiger partial charge >= 0.3 is 0 Å². The molecule has 3 N–H and O–H groups in total. The fourth-order valence-electron chi connectivity index (χ4n) is 1.88. The molecule has 0 radical (unpaired) electrons. The highest BCUT2D eigenvalue weighted by molar-refractivity contribution is 5.83. The van der Waals surface area contributed by atoms with Crippen molar-refractivity contribution in [1.29, 1.82) is 0 Å². The predicted octanol–water partition coefficient (Wildman–Crippen LogP) is -0.682. The van der Waals surface area contributed by atoms with E-state index in [0.29, 0.717) is 13.1 Å². The maximum absolute atomic E-state index is 11.6. The maximum atomic E-state index is 11.6. The van der Waals surface area contributed by atoms with E-state index in [-0.39, 0.29) is 17.7 Å². The van der Waals surface area contributed by atoms with E-state index >= 15 is 0 Å². The second-order valence-corrected chi connectivity index (χ2v) is 4.03. The second-order valence-electron chi connectivity index (χ2n) is 4.03. The van der Waals surface area contributed by atoms with Gasteiger partial charge in [-0.15, -0.1) is 0 Å². The van der Waals surface area contributed by atoms with Crippen LogP contribution in [-0.4, -0.2) is 42.9 Å². The predicted molar refractivity (Wildman–Crippen MR) is 57.0 cm³/mol. The highest BCUT2D eigenvalue weighted by atomic mass is 16.2. The van der Waals surface area contributed by atoms with Crippen LogP contribution in [0.3, 0.4) is 0 Å². The third kappa shape index (κ3) is 2.92. The van der Waals surface area contributed by atoms with Gasteiger partial charge in [0.25, 0.3) is 0 Å². The molecule has 0 aliphatic carbocycles. The molecule has 1 aliphatic heterocycles. The number of piperidine rings is 1. The Bertz CT molecular complexity index is 253. The average Bonchev–Trinajstić information content (AvgIpc) is 2.27. The fourth-order valence-corrected chi connectivity index (χ4v) is 1.88. The minimum absolute atomic E-state index is 0.0113. The smallest absolute Gasteiger partial charge is 0.239 e. The number of carbonyl (C=O) groups excluding carboxylic acids is 2. The Hall–Kier alpha value is -1.10. The van der Waals surface area contributed by atoms with Gasteiger partial charge in [0.1, 0.15) is 0 Å². The van der Waals surface area contributed by atoms with Gasteiger partial charge in [-0.2, -0.15) is 0 Å². The van der Waals surface area contributed by atoms with Crippen LogP contribution in [0.5, 0.6) is 0 Å². The van der Waals surface area contributed by atoms with Crippen molar-refractivity contribution in [2.75, 3.05) is 20.1 Å². The first-order chi connectivity index (χ1) is 7.06. The van der Waals surface area contributed by atoms with Crippen molar-refractivity contribution >= 4 is 11.8 Å². The normalized spacial score (nSPS) is 23.4. The summed E-state index contributed by atoms with van der Waals surface area (Å²) in [6, 6.07) is -0.478. The molecule has 15 heavy (non-hydrogen) atoms. The summed E-state index contributed by atoms with van der Waals surface area (Å²) < 4.78 is 0. The summed E-state index contributed by atoms with van der Waals surface area (Å²) in [7, 11) is 1.62. The Balaban J connectivity index is 2.56. The minimum atomic E-state index is -0.478. The minimum Gasteiger partial charge on any atom is -0.359 e. The molecule has 2 atom stereocenters. The zero-order valence-corrected chi connectivity index (χ0v) is 9.32. The Morgan fingerprint density at radius 3 is 2.73 bits per heavy atom. The lowest BCUT2D eigenvalue weighted by molar-refractivity contribution is -0.136. The number of nitrogens with zero attached hydrogens (tertiary/aromatic N) is 1. The van der Waals surface area contributed by atoms with Crippen molar-refractivity contribution in [2.45, 2.75) is 25.8 Å². The summed E-state index contributed by atoms with van der Waals surface area (Å²) >= 11 is 0. The number of hydrogen-bond donors (Lipinski definition) is 2. The zero-order chi connectivity index (χ0) is 11.4. The molecule has 5 nitrogen and oxygen atoms in total. The van der Waals surface area contributed by atoms with Gasteiger partial charge < -0.3 is 16.0 Å². The number of nitrogens with one attached hydrogen (secondary N) is 1. The number of rotatable bonds is 2. The summed E-state index contributed by atoms with van der Waals surface area (Å²) in [5.74, 6) is -0.132. The highest BCUT2D eigenvalue weighted by Gasteiger charge is 2.28. The Morgan fingerprint density at radius 1 is 1.53 bits per heavy atom. The van der Waals surface area contributed by atoms with Crippen LogP contribution in [0.1, 0.15) is 19.8 Å². The van der Waals surface area contributed by atoms with E-state index in [0.717, 1.165) is 12.8 Å². The van der Waals surface area contributed by atoms with Crippen molar-refractivity contribution in [3.8, 4) is 0 Å². The molecular weight excluding hydrogens is 194 g/mol. The first kappa shape index (κ1) is 12.0. The zero-order valence-electron chi connectivity index (χ0n) is 9.32. The van der Waals surface area contributed by atoms with Crippen LogP contribution in [0.15, 0.2) is 0 Å². The van der Waals surface area contributed by atoms with Crippen LogP contribution in [0.2, 0.25) is 0 Å². The van der Waals surface area contributed by atoms with Crippen LogP contribution in [0.4, 0.5) is 0 Å². The van der Waals surface area contributed by atoms with E-state index in [4.69, 9.17) is 5.73 Å². The third-order valence-corrected chi connectivity index (χ3v) is 2.74. The number of likely N-dealkylation sites (tertiary alicyclic amines) is 1. The Morgan fingerprint density at radius 2 is 2.20 bits per heavy atom. The molecular formula is C10H19N3O2. The molecule has 5 heteroatoms. The van der Waals surface area contributed by atoms with Crippen LogP contribution in [0, 0.1) is 5.92 Å². The lowest BCUT2D eigenvalue weighted by Crippen LogP contribution is -2.49. The van der Waals surface area contributed by atoms with Crippen LogP contribution in [0.25, 0.3) is 0 Å². The van der Waals surface area contributed by atoms with Crippen molar-refractivity contribution in [1.82, 2.24) is 10.2 Å². The van der Waals surface area contributed by atoms with Gasteiger partial charge in [-0.1, -0.05) is 0 Å². The van der Waals surface area contributed by atoms with E-state index in [1.54, 1.807) is 18.9 Å². The molecule has 0 aromatic rings. The van der Waals surface area contributed by atoms with Crippen LogP contribution >= 0.6 is 0 Å². The molecule has 86 valence electrons.